The molecule has 1 aromatic heterocycles. The first-order valence-corrected chi connectivity index (χ1v) is 10.2. The molecule has 2 aromatic rings. The summed E-state index contributed by atoms with van der Waals surface area (Å²) in [6.07, 6.45) is 4.05. The van der Waals surface area contributed by atoms with E-state index in [0.29, 0.717) is 17.5 Å². The average Bonchev–Trinajstić information content (AvgIpc) is 2.98. The number of rotatable bonds is 6. The van der Waals surface area contributed by atoms with Crippen molar-refractivity contribution in [3.63, 3.8) is 0 Å². The van der Waals surface area contributed by atoms with Gasteiger partial charge >= 0.3 is 5.69 Å². The zero-order chi connectivity index (χ0) is 18.5. The molecule has 1 fully saturated rings. The lowest BCUT2D eigenvalue weighted by atomic mass is 9.98. The molecule has 3 rings (SSSR count). The highest BCUT2D eigenvalue weighted by atomic mass is 32.2. The van der Waals surface area contributed by atoms with E-state index in [9.17, 15) is 9.59 Å². The number of aromatic nitrogens is 3. The Kier molecular flexibility index (Phi) is 6.19. The third kappa shape index (κ3) is 4.38. The van der Waals surface area contributed by atoms with E-state index in [1.54, 1.807) is 4.57 Å². The third-order valence-electron chi connectivity index (χ3n) is 5.00. The second kappa shape index (κ2) is 8.58. The van der Waals surface area contributed by atoms with E-state index in [-0.39, 0.29) is 23.7 Å². The molecule has 1 aliphatic heterocycles. The zero-order valence-corrected chi connectivity index (χ0v) is 16.2. The number of hydrogen-bond donors (Lipinski definition) is 1. The number of hydrogen-bond acceptors (Lipinski definition) is 4. The van der Waals surface area contributed by atoms with Gasteiger partial charge < -0.3 is 4.90 Å². The standard InChI is InChI=1S/C19H26N4O2S/c1-14-7-6-8-15(2)23(14)17(24)13-26-19-21-20-18(25)22(19)12-11-16-9-4-3-5-10-16/h3-5,9-10,14-15H,6-8,11-13H2,1-2H3,(H,20,25)/t14-,15-/m1/s1. The normalized spacial score (nSPS) is 20.3. The van der Waals surface area contributed by atoms with Crippen LogP contribution >= 0.6 is 11.8 Å². The molecule has 1 amide bonds. The van der Waals surface area contributed by atoms with Gasteiger partial charge in [0.1, 0.15) is 0 Å². The molecular weight excluding hydrogens is 348 g/mol. The average molecular weight is 375 g/mol. The van der Waals surface area contributed by atoms with Gasteiger partial charge in [-0.2, -0.15) is 0 Å². The maximum absolute atomic E-state index is 12.7. The molecule has 0 unspecified atom stereocenters. The summed E-state index contributed by atoms with van der Waals surface area (Å²) in [6.45, 7) is 4.78. The SMILES string of the molecule is C[C@@H]1CCC[C@@H](C)N1C(=O)CSc1n[nH]c(=O)n1CCc1ccccc1. The molecule has 26 heavy (non-hydrogen) atoms. The van der Waals surface area contributed by atoms with Crippen molar-refractivity contribution < 1.29 is 4.79 Å². The molecule has 1 aliphatic rings. The predicted molar refractivity (Wildman–Crippen MR) is 103 cm³/mol. The molecule has 0 spiro atoms. The van der Waals surface area contributed by atoms with Gasteiger partial charge in [-0.05, 0) is 45.1 Å². The topological polar surface area (TPSA) is 71.0 Å². The van der Waals surface area contributed by atoms with Crippen LogP contribution in [0.3, 0.4) is 0 Å². The van der Waals surface area contributed by atoms with Crippen molar-refractivity contribution in [1.29, 1.82) is 0 Å². The first-order valence-electron chi connectivity index (χ1n) is 9.19. The van der Waals surface area contributed by atoms with Gasteiger partial charge in [0.25, 0.3) is 0 Å². The number of benzene rings is 1. The Morgan fingerprint density at radius 2 is 1.92 bits per heavy atom. The van der Waals surface area contributed by atoms with Crippen molar-refractivity contribution in [3.8, 4) is 0 Å². The maximum atomic E-state index is 12.7. The van der Waals surface area contributed by atoms with Crippen LogP contribution in [0.1, 0.15) is 38.7 Å². The summed E-state index contributed by atoms with van der Waals surface area (Å²) in [4.78, 5) is 26.7. The van der Waals surface area contributed by atoms with E-state index in [0.717, 1.165) is 19.3 Å². The lowest BCUT2D eigenvalue weighted by molar-refractivity contribution is -0.134. The molecule has 2 atom stereocenters. The molecule has 7 heteroatoms. The van der Waals surface area contributed by atoms with Crippen LogP contribution in [-0.4, -0.2) is 43.4 Å². The molecule has 0 bridgehead atoms. The Morgan fingerprint density at radius 3 is 2.62 bits per heavy atom. The summed E-state index contributed by atoms with van der Waals surface area (Å²) < 4.78 is 1.62. The molecular formula is C19H26N4O2S. The molecule has 0 aliphatic carbocycles. The van der Waals surface area contributed by atoms with Gasteiger partial charge in [0, 0.05) is 18.6 Å². The van der Waals surface area contributed by atoms with E-state index in [4.69, 9.17) is 0 Å². The fourth-order valence-electron chi connectivity index (χ4n) is 3.61. The Morgan fingerprint density at radius 1 is 1.23 bits per heavy atom. The van der Waals surface area contributed by atoms with Gasteiger partial charge in [-0.25, -0.2) is 9.89 Å². The van der Waals surface area contributed by atoms with Crippen molar-refractivity contribution in [2.45, 2.75) is 63.3 Å². The highest BCUT2D eigenvalue weighted by Crippen LogP contribution is 2.24. The summed E-state index contributed by atoms with van der Waals surface area (Å²) in [6, 6.07) is 10.6. The number of H-pyrrole nitrogens is 1. The van der Waals surface area contributed by atoms with Crippen LogP contribution in [0, 0.1) is 0 Å². The second-order valence-corrected chi connectivity index (χ2v) is 7.86. The minimum Gasteiger partial charge on any atom is -0.337 e. The number of carbonyl (C=O) groups excluding carboxylic acids is 1. The van der Waals surface area contributed by atoms with E-state index < -0.39 is 0 Å². The second-order valence-electron chi connectivity index (χ2n) is 6.92. The number of likely N-dealkylation sites (tertiary alicyclic amines) is 1. The number of amides is 1. The number of piperidine rings is 1. The van der Waals surface area contributed by atoms with Gasteiger partial charge in [0.05, 0.1) is 5.75 Å². The number of nitrogens with one attached hydrogen (secondary N) is 1. The fraction of sp³-hybridized carbons (Fsp3) is 0.526. The highest BCUT2D eigenvalue weighted by Gasteiger charge is 2.29. The zero-order valence-electron chi connectivity index (χ0n) is 15.4. The number of aryl methyl sites for hydroxylation is 1. The summed E-state index contributed by atoms with van der Waals surface area (Å²) in [5.41, 5.74) is 0.944. The van der Waals surface area contributed by atoms with Crippen LogP contribution in [0.2, 0.25) is 0 Å². The lowest BCUT2D eigenvalue weighted by Crippen LogP contribution is -2.48. The largest absolute Gasteiger partial charge is 0.343 e. The van der Waals surface area contributed by atoms with E-state index in [1.165, 1.54) is 23.7 Å². The molecule has 6 nitrogen and oxygen atoms in total. The van der Waals surface area contributed by atoms with Crippen LogP contribution in [0.15, 0.2) is 40.3 Å². The number of thioether (sulfide) groups is 1. The maximum Gasteiger partial charge on any atom is 0.343 e. The van der Waals surface area contributed by atoms with Crippen molar-refractivity contribution in [2.24, 2.45) is 0 Å². The van der Waals surface area contributed by atoms with Crippen LogP contribution < -0.4 is 5.69 Å². The predicted octanol–water partition coefficient (Wildman–Crippen LogP) is 2.70. The lowest BCUT2D eigenvalue weighted by Gasteiger charge is -2.39. The summed E-state index contributed by atoms with van der Waals surface area (Å²) in [5, 5.41) is 7.19. The summed E-state index contributed by atoms with van der Waals surface area (Å²) in [5.74, 6) is 0.435. The van der Waals surface area contributed by atoms with Gasteiger partial charge in [0.15, 0.2) is 5.16 Å². The third-order valence-corrected chi connectivity index (χ3v) is 5.96. The van der Waals surface area contributed by atoms with Crippen molar-refractivity contribution in [2.75, 3.05) is 5.75 Å². The minimum absolute atomic E-state index is 0.125. The first-order chi connectivity index (χ1) is 12.6. The molecule has 2 heterocycles. The molecule has 1 aromatic carbocycles. The van der Waals surface area contributed by atoms with E-state index in [1.807, 2.05) is 35.2 Å². The Hall–Kier alpha value is -2.02. The van der Waals surface area contributed by atoms with E-state index >= 15 is 0 Å². The first kappa shape index (κ1) is 18.8. The Labute approximate surface area is 158 Å². The van der Waals surface area contributed by atoms with Gasteiger partial charge in [0.2, 0.25) is 5.91 Å². The highest BCUT2D eigenvalue weighted by molar-refractivity contribution is 7.99. The van der Waals surface area contributed by atoms with Crippen LogP contribution in [0.5, 0.6) is 0 Å². The number of carbonyl (C=O) groups is 1. The van der Waals surface area contributed by atoms with Crippen molar-refractivity contribution in [1.82, 2.24) is 19.7 Å². The molecule has 1 N–H and O–H groups in total. The Balaban J connectivity index is 1.61. The van der Waals surface area contributed by atoms with Crippen molar-refractivity contribution >= 4 is 17.7 Å². The van der Waals surface area contributed by atoms with Gasteiger partial charge in [-0.15, -0.1) is 5.10 Å². The molecule has 0 radical (unpaired) electrons. The summed E-state index contributed by atoms with van der Waals surface area (Å²) in [7, 11) is 0. The fourth-order valence-corrected chi connectivity index (χ4v) is 4.45. The van der Waals surface area contributed by atoms with E-state index in [2.05, 4.69) is 24.0 Å². The molecule has 1 saturated heterocycles. The molecule has 0 saturated carbocycles. The van der Waals surface area contributed by atoms with Gasteiger partial charge in [-0.1, -0.05) is 42.1 Å². The number of aromatic amines is 1. The monoisotopic (exact) mass is 374 g/mol. The van der Waals surface area contributed by atoms with Gasteiger partial charge in [-0.3, -0.25) is 9.36 Å². The molecule has 140 valence electrons. The number of nitrogens with zero attached hydrogens (tertiary/aromatic N) is 3. The Bertz CT molecular complexity index is 776. The van der Waals surface area contributed by atoms with Crippen LogP contribution in [-0.2, 0) is 17.8 Å². The van der Waals surface area contributed by atoms with Crippen molar-refractivity contribution in [3.05, 3.63) is 46.4 Å². The minimum atomic E-state index is -0.226. The van der Waals surface area contributed by atoms with Crippen LogP contribution in [0.25, 0.3) is 0 Å². The summed E-state index contributed by atoms with van der Waals surface area (Å²) >= 11 is 1.34. The quantitative estimate of drug-likeness (QED) is 0.789. The van der Waals surface area contributed by atoms with Crippen LogP contribution in [0.4, 0.5) is 0 Å². The smallest absolute Gasteiger partial charge is 0.337 e.